The number of aryl methyl sites for hydroxylation is 1. The van der Waals surface area contributed by atoms with Crippen LogP contribution in [0.4, 0.5) is 11.4 Å². The van der Waals surface area contributed by atoms with Crippen LogP contribution in [0.15, 0.2) is 35.5 Å². The normalized spacial score (nSPS) is 14.5. The molecule has 0 unspecified atom stereocenters. The number of nitrogens with two attached hydrogens (primary N) is 1. The van der Waals surface area contributed by atoms with E-state index < -0.39 is 10.0 Å². The number of nitrogen functional groups attached to an aromatic ring is 1. The number of carbonyl (C=O) groups excluding carboxylic acids is 1. The average Bonchev–Trinajstić information content (AvgIpc) is 3.00. The van der Waals surface area contributed by atoms with Crippen molar-refractivity contribution in [2.45, 2.75) is 17.7 Å². The molecule has 128 valence electrons. The number of nitrogens with one attached hydrogen (secondary N) is 1. The number of sulfonamides is 1. The van der Waals surface area contributed by atoms with Gasteiger partial charge in [-0.05, 0) is 30.5 Å². The first kappa shape index (κ1) is 16.5. The lowest BCUT2D eigenvalue weighted by Crippen LogP contribution is -2.42. The average molecular weight is 349 g/mol. The van der Waals surface area contributed by atoms with Gasteiger partial charge in [-0.15, -0.1) is 0 Å². The molecule has 2 heterocycles. The Balaban J connectivity index is 1.74. The van der Waals surface area contributed by atoms with E-state index in [-0.39, 0.29) is 17.3 Å². The first-order valence-corrected chi connectivity index (χ1v) is 9.03. The van der Waals surface area contributed by atoms with Crippen LogP contribution in [-0.2, 0) is 28.3 Å². The summed E-state index contributed by atoms with van der Waals surface area (Å²) in [6.07, 6.45) is 4.23. The quantitative estimate of drug-likeness (QED) is 0.769. The van der Waals surface area contributed by atoms with Gasteiger partial charge in [0, 0.05) is 31.2 Å². The van der Waals surface area contributed by atoms with Crippen molar-refractivity contribution in [1.29, 1.82) is 0 Å². The molecule has 1 aromatic heterocycles. The van der Waals surface area contributed by atoms with Gasteiger partial charge in [-0.1, -0.05) is 6.07 Å². The lowest BCUT2D eigenvalue weighted by atomic mass is 10.00. The van der Waals surface area contributed by atoms with Crippen LogP contribution in [0.1, 0.15) is 12.0 Å². The zero-order valence-electron chi connectivity index (χ0n) is 13.3. The second-order valence-corrected chi connectivity index (χ2v) is 7.44. The van der Waals surface area contributed by atoms with Gasteiger partial charge >= 0.3 is 0 Å². The largest absolute Gasteiger partial charge is 0.398 e. The Labute approximate surface area is 140 Å². The molecular weight excluding hydrogens is 330 g/mol. The fraction of sp³-hybridized carbons (Fsp3) is 0.333. The summed E-state index contributed by atoms with van der Waals surface area (Å²) in [7, 11) is -2.14. The molecule has 24 heavy (non-hydrogen) atoms. The molecule has 0 atom stereocenters. The molecule has 3 N–H and O–H groups in total. The number of nitrogens with zero attached hydrogens (tertiary/aromatic N) is 3. The van der Waals surface area contributed by atoms with E-state index in [1.807, 2.05) is 6.07 Å². The van der Waals surface area contributed by atoms with Crippen molar-refractivity contribution in [3.63, 3.8) is 0 Å². The van der Waals surface area contributed by atoms with Crippen LogP contribution < -0.4 is 15.4 Å². The molecule has 1 amide bonds. The van der Waals surface area contributed by atoms with Crippen LogP contribution >= 0.6 is 0 Å². The predicted octanol–water partition coefficient (Wildman–Crippen LogP) is 0.260. The van der Waals surface area contributed by atoms with Crippen LogP contribution in [0.5, 0.6) is 0 Å². The van der Waals surface area contributed by atoms with Gasteiger partial charge in [-0.2, -0.15) is 5.10 Å². The molecule has 0 saturated carbocycles. The van der Waals surface area contributed by atoms with E-state index >= 15 is 0 Å². The first-order chi connectivity index (χ1) is 11.4. The smallest absolute Gasteiger partial charge is 0.244 e. The van der Waals surface area contributed by atoms with Crippen molar-refractivity contribution >= 4 is 27.3 Å². The topological polar surface area (TPSA) is 110 Å². The van der Waals surface area contributed by atoms with Crippen LogP contribution in [0, 0.1) is 0 Å². The molecule has 0 saturated heterocycles. The monoisotopic (exact) mass is 349 g/mol. The predicted molar refractivity (Wildman–Crippen MR) is 89.9 cm³/mol. The Morgan fingerprint density at radius 1 is 1.42 bits per heavy atom. The van der Waals surface area contributed by atoms with Gasteiger partial charge in [0.25, 0.3) is 0 Å². The molecule has 1 aromatic carbocycles. The highest BCUT2D eigenvalue weighted by Gasteiger charge is 2.25. The standard InChI is InChI=1S/C15H19N5O3S/c1-19-10-11(8-17-19)24(22,23)18-9-15(21)20-7-3-4-12-13(16)5-2-6-14(12)20/h2,5-6,8,10,18H,3-4,7,9,16H2,1H3. The van der Waals surface area contributed by atoms with Gasteiger partial charge in [0.05, 0.1) is 12.7 Å². The van der Waals surface area contributed by atoms with Crippen molar-refractivity contribution in [3.8, 4) is 0 Å². The third-order valence-electron chi connectivity index (χ3n) is 3.99. The minimum Gasteiger partial charge on any atom is -0.398 e. The van der Waals surface area contributed by atoms with Crippen molar-refractivity contribution < 1.29 is 13.2 Å². The molecule has 8 nitrogen and oxygen atoms in total. The van der Waals surface area contributed by atoms with Crippen molar-refractivity contribution in [2.75, 3.05) is 23.7 Å². The number of benzene rings is 1. The maximum atomic E-state index is 12.5. The van der Waals surface area contributed by atoms with Gasteiger partial charge in [-0.25, -0.2) is 13.1 Å². The summed E-state index contributed by atoms with van der Waals surface area (Å²) in [6.45, 7) is 0.232. The first-order valence-electron chi connectivity index (χ1n) is 7.54. The molecule has 2 aromatic rings. The molecule has 0 radical (unpaired) electrons. The maximum absolute atomic E-state index is 12.5. The molecule has 1 aliphatic rings. The zero-order valence-corrected chi connectivity index (χ0v) is 14.1. The third-order valence-corrected chi connectivity index (χ3v) is 5.35. The number of hydrogen-bond donors (Lipinski definition) is 2. The third kappa shape index (κ3) is 3.13. The minimum atomic E-state index is -3.76. The molecule has 0 spiro atoms. The number of hydrogen-bond acceptors (Lipinski definition) is 5. The summed E-state index contributed by atoms with van der Waals surface area (Å²) in [6, 6.07) is 5.43. The Morgan fingerprint density at radius 3 is 2.92 bits per heavy atom. The van der Waals surface area contributed by atoms with E-state index in [2.05, 4.69) is 9.82 Å². The molecule has 0 fully saturated rings. The summed E-state index contributed by atoms with van der Waals surface area (Å²) >= 11 is 0. The lowest BCUT2D eigenvalue weighted by Gasteiger charge is -2.30. The zero-order chi connectivity index (χ0) is 17.3. The Kier molecular flexibility index (Phi) is 4.29. The number of amides is 1. The Morgan fingerprint density at radius 2 is 2.21 bits per heavy atom. The highest BCUT2D eigenvalue weighted by atomic mass is 32.2. The van der Waals surface area contributed by atoms with E-state index in [1.165, 1.54) is 17.1 Å². The molecular formula is C15H19N5O3S. The van der Waals surface area contributed by atoms with E-state index in [1.54, 1.807) is 24.1 Å². The lowest BCUT2D eigenvalue weighted by molar-refractivity contribution is -0.117. The van der Waals surface area contributed by atoms with Crippen molar-refractivity contribution in [2.24, 2.45) is 7.05 Å². The van der Waals surface area contributed by atoms with Crippen molar-refractivity contribution in [3.05, 3.63) is 36.2 Å². The summed E-state index contributed by atoms with van der Waals surface area (Å²) in [5, 5.41) is 3.83. The van der Waals surface area contributed by atoms with E-state index in [0.717, 1.165) is 24.1 Å². The highest BCUT2D eigenvalue weighted by Crippen LogP contribution is 2.31. The molecule has 9 heteroatoms. The number of anilines is 2. The second kappa shape index (κ2) is 6.25. The minimum absolute atomic E-state index is 0.0288. The van der Waals surface area contributed by atoms with Gasteiger partial charge < -0.3 is 10.6 Å². The summed E-state index contributed by atoms with van der Waals surface area (Å²) < 4.78 is 28.1. The number of carbonyl (C=O) groups is 1. The summed E-state index contributed by atoms with van der Waals surface area (Å²) in [4.78, 5) is 14.1. The maximum Gasteiger partial charge on any atom is 0.244 e. The van der Waals surface area contributed by atoms with Crippen LogP contribution in [0.25, 0.3) is 0 Å². The van der Waals surface area contributed by atoms with Crippen LogP contribution in [-0.4, -0.2) is 37.2 Å². The Hall–Kier alpha value is -2.39. The molecule has 0 aliphatic carbocycles. The van der Waals surface area contributed by atoms with E-state index in [9.17, 15) is 13.2 Å². The van der Waals surface area contributed by atoms with Gasteiger partial charge in [0.15, 0.2) is 0 Å². The van der Waals surface area contributed by atoms with E-state index in [0.29, 0.717) is 12.2 Å². The van der Waals surface area contributed by atoms with E-state index in [4.69, 9.17) is 5.73 Å². The van der Waals surface area contributed by atoms with Crippen LogP contribution in [0.3, 0.4) is 0 Å². The number of aromatic nitrogens is 2. The SMILES string of the molecule is Cn1cc(S(=O)(=O)NCC(=O)N2CCCc3c(N)cccc32)cn1. The van der Waals surface area contributed by atoms with Gasteiger partial charge in [0.1, 0.15) is 4.90 Å². The highest BCUT2D eigenvalue weighted by molar-refractivity contribution is 7.89. The van der Waals surface area contributed by atoms with Gasteiger partial charge in [0.2, 0.25) is 15.9 Å². The van der Waals surface area contributed by atoms with Crippen molar-refractivity contribution in [1.82, 2.24) is 14.5 Å². The van der Waals surface area contributed by atoms with Crippen LogP contribution in [0.2, 0.25) is 0 Å². The van der Waals surface area contributed by atoms with Gasteiger partial charge in [-0.3, -0.25) is 9.48 Å². The molecule has 0 bridgehead atoms. The summed E-state index contributed by atoms with van der Waals surface area (Å²) in [5.74, 6) is -0.311. The molecule has 1 aliphatic heterocycles. The second-order valence-electron chi connectivity index (χ2n) is 5.67. The fourth-order valence-electron chi connectivity index (χ4n) is 2.78. The fourth-order valence-corrected chi connectivity index (χ4v) is 3.74. The Bertz CT molecular complexity index is 875. The molecule has 3 rings (SSSR count). The summed E-state index contributed by atoms with van der Waals surface area (Å²) in [5.41, 5.74) is 8.31. The number of rotatable bonds is 4. The number of fused-ring (bicyclic) bond motifs is 1.